The molecule has 0 fully saturated rings. The second kappa shape index (κ2) is 9.79. The lowest BCUT2D eigenvalue weighted by atomic mass is 10.1. The minimum Gasteiger partial charge on any atom is -0.423 e. The standard InChI is InChI=1S/C26H28N2O5S/c1-18-6-8-19(9-7-18)24(29)28(5)21-12-14-22(15-13-21)33-25(30)20-10-16-23(17-11-20)34(31,32)27-26(2,3)4/h6-17,27H,1-5H3. The number of rotatable bonds is 6. The molecule has 3 aromatic rings. The number of hydrogen-bond acceptors (Lipinski definition) is 5. The molecule has 0 unspecified atom stereocenters. The molecule has 7 nitrogen and oxygen atoms in total. The van der Waals surface area contributed by atoms with Crippen LogP contribution in [-0.2, 0) is 10.0 Å². The predicted molar refractivity (Wildman–Crippen MR) is 132 cm³/mol. The molecule has 8 heteroatoms. The van der Waals surface area contributed by atoms with E-state index in [1.165, 1.54) is 29.2 Å². The molecule has 0 saturated carbocycles. The molecule has 34 heavy (non-hydrogen) atoms. The number of esters is 1. The van der Waals surface area contributed by atoms with E-state index < -0.39 is 21.5 Å². The van der Waals surface area contributed by atoms with Crippen LogP contribution in [0.15, 0.2) is 77.7 Å². The Morgan fingerprint density at radius 3 is 1.88 bits per heavy atom. The molecule has 1 N–H and O–H groups in total. The summed E-state index contributed by atoms with van der Waals surface area (Å²) >= 11 is 0. The van der Waals surface area contributed by atoms with Crippen molar-refractivity contribution >= 4 is 27.6 Å². The van der Waals surface area contributed by atoms with Gasteiger partial charge in [0.2, 0.25) is 10.0 Å². The van der Waals surface area contributed by atoms with E-state index in [-0.39, 0.29) is 16.4 Å². The van der Waals surface area contributed by atoms with Gasteiger partial charge in [0.15, 0.2) is 0 Å². The van der Waals surface area contributed by atoms with Gasteiger partial charge in [-0.25, -0.2) is 17.9 Å². The second-order valence-corrected chi connectivity index (χ2v) is 10.7. The lowest BCUT2D eigenvalue weighted by Gasteiger charge is -2.20. The van der Waals surface area contributed by atoms with Crippen LogP contribution in [0.1, 0.15) is 47.1 Å². The van der Waals surface area contributed by atoms with Gasteiger partial charge in [-0.2, -0.15) is 0 Å². The Bertz CT molecular complexity index is 1280. The number of benzene rings is 3. The predicted octanol–water partition coefficient (Wildman–Crippen LogP) is 4.57. The maximum absolute atomic E-state index is 12.7. The highest BCUT2D eigenvalue weighted by Crippen LogP contribution is 2.22. The molecule has 0 saturated heterocycles. The van der Waals surface area contributed by atoms with Crippen LogP contribution in [0.5, 0.6) is 5.75 Å². The van der Waals surface area contributed by atoms with Crippen LogP contribution in [0, 0.1) is 6.92 Å². The molecule has 1 amide bonds. The van der Waals surface area contributed by atoms with Crippen molar-refractivity contribution in [3.63, 3.8) is 0 Å². The van der Waals surface area contributed by atoms with E-state index >= 15 is 0 Å². The molecule has 0 aliphatic rings. The Hall–Kier alpha value is -3.49. The topological polar surface area (TPSA) is 92.8 Å². The van der Waals surface area contributed by atoms with Crippen molar-refractivity contribution in [3.8, 4) is 5.75 Å². The largest absolute Gasteiger partial charge is 0.423 e. The SMILES string of the molecule is Cc1ccc(C(=O)N(C)c2ccc(OC(=O)c3ccc(S(=O)(=O)NC(C)(C)C)cc3)cc2)cc1. The zero-order valence-electron chi connectivity index (χ0n) is 19.8. The van der Waals surface area contributed by atoms with E-state index in [1.807, 2.05) is 19.1 Å². The van der Waals surface area contributed by atoms with Crippen LogP contribution in [0.25, 0.3) is 0 Å². The molecule has 0 atom stereocenters. The maximum atomic E-state index is 12.7. The fourth-order valence-corrected chi connectivity index (χ4v) is 4.56. The average molecular weight is 481 g/mol. The maximum Gasteiger partial charge on any atom is 0.343 e. The number of sulfonamides is 1. The van der Waals surface area contributed by atoms with Crippen molar-refractivity contribution in [2.75, 3.05) is 11.9 Å². The first-order valence-corrected chi connectivity index (χ1v) is 12.1. The summed E-state index contributed by atoms with van der Waals surface area (Å²) in [5.74, 6) is -0.471. The van der Waals surface area contributed by atoms with Gasteiger partial charge in [0.05, 0.1) is 10.5 Å². The van der Waals surface area contributed by atoms with Crippen molar-refractivity contribution < 1.29 is 22.7 Å². The van der Waals surface area contributed by atoms with Crippen molar-refractivity contribution in [1.82, 2.24) is 4.72 Å². The van der Waals surface area contributed by atoms with Crippen molar-refractivity contribution in [3.05, 3.63) is 89.5 Å². The van der Waals surface area contributed by atoms with E-state index in [4.69, 9.17) is 4.74 Å². The zero-order chi connectivity index (χ0) is 25.1. The van der Waals surface area contributed by atoms with Gasteiger partial charge in [0.25, 0.3) is 5.91 Å². The molecule has 3 aromatic carbocycles. The Balaban J connectivity index is 1.66. The van der Waals surface area contributed by atoms with Crippen LogP contribution in [0.3, 0.4) is 0 Å². The highest BCUT2D eigenvalue weighted by Gasteiger charge is 2.22. The molecule has 3 rings (SSSR count). The van der Waals surface area contributed by atoms with E-state index in [0.29, 0.717) is 17.0 Å². The molecular weight excluding hydrogens is 452 g/mol. The van der Waals surface area contributed by atoms with Gasteiger partial charge in [-0.1, -0.05) is 17.7 Å². The highest BCUT2D eigenvalue weighted by molar-refractivity contribution is 7.89. The smallest absolute Gasteiger partial charge is 0.343 e. The van der Waals surface area contributed by atoms with E-state index in [2.05, 4.69) is 4.72 Å². The number of carbonyl (C=O) groups excluding carboxylic acids is 2. The van der Waals surface area contributed by atoms with Gasteiger partial charge < -0.3 is 9.64 Å². The van der Waals surface area contributed by atoms with Crippen LogP contribution in [-0.4, -0.2) is 32.9 Å². The third-order valence-electron chi connectivity index (χ3n) is 4.88. The van der Waals surface area contributed by atoms with E-state index in [0.717, 1.165) is 5.56 Å². The van der Waals surface area contributed by atoms with Gasteiger partial charge in [0, 0.05) is 23.8 Å². The zero-order valence-corrected chi connectivity index (χ0v) is 20.6. The molecule has 0 spiro atoms. The number of anilines is 1. The molecule has 0 aliphatic heterocycles. The number of aryl methyl sites for hydroxylation is 1. The fourth-order valence-electron chi connectivity index (χ4n) is 3.14. The van der Waals surface area contributed by atoms with Crippen LogP contribution >= 0.6 is 0 Å². The van der Waals surface area contributed by atoms with Crippen molar-refractivity contribution in [2.45, 2.75) is 38.1 Å². The van der Waals surface area contributed by atoms with Gasteiger partial charge in [-0.15, -0.1) is 0 Å². The number of ether oxygens (including phenoxy) is 1. The molecule has 0 bridgehead atoms. The normalized spacial score (nSPS) is 11.7. The molecule has 178 valence electrons. The number of hydrogen-bond donors (Lipinski definition) is 1. The van der Waals surface area contributed by atoms with Gasteiger partial charge in [-0.3, -0.25) is 4.79 Å². The Morgan fingerprint density at radius 2 is 1.35 bits per heavy atom. The number of nitrogens with zero attached hydrogens (tertiary/aromatic N) is 1. The number of amides is 1. The molecule has 0 radical (unpaired) electrons. The summed E-state index contributed by atoms with van der Waals surface area (Å²) in [4.78, 5) is 26.7. The molecule has 0 aromatic heterocycles. The molecule has 0 heterocycles. The average Bonchev–Trinajstić information content (AvgIpc) is 2.77. The first kappa shape index (κ1) is 25.1. The summed E-state index contributed by atoms with van der Waals surface area (Å²) in [6, 6.07) is 19.4. The summed E-state index contributed by atoms with van der Waals surface area (Å²) in [6.07, 6.45) is 0. The summed E-state index contributed by atoms with van der Waals surface area (Å²) in [5, 5.41) is 0. The molecular formula is C26H28N2O5S. The van der Waals surface area contributed by atoms with Crippen molar-refractivity contribution in [2.24, 2.45) is 0 Å². The van der Waals surface area contributed by atoms with Gasteiger partial charge >= 0.3 is 5.97 Å². The highest BCUT2D eigenvalue weighted by atomic mass is 32.2. The van der Waals surface area contributed by atoms with Gasteiger partial charge in [0.1, 0.15) is 5.75 Å². The van der Waals surface area contributed by atoms with E-state index in [9.17, 15) is 18.0 Å². The lowest BCUT2D eigenvalue weighted by Crippen LogP contribution is -2.40. The Labute approximate surface area is 200 Å². The third kappa shape index (κ3) is 6.30. The first-order valence-electron chi connectivity index (χ1n) is 10.7. The minimum atomic E-state index is -3.70. The quantitative estimate of drug-likeness (QED) is 0.412. The fraction of sp³-hybridized carbons (Fsp3) is 0.231. The van der Waals surface area contributed by atoms with Crippen LogP contribution in [0.2, 0.25) is 0 Å². The third-order valence-corrected chi connectivity index (χ3v) is 6.65. The summed E-state index contributed by atoms with van der Waals surface area (Å²) < 4.78 is 32.8. The van der Waals surface area contributed by atoms with Crippen molar-refractivity contribution in [1.29, 1.82) is 0 Å². The summed E-state index contributed by atoms with van der Waals surface area (Å²) in [6.45, 7) is 7.20. The lowest BCUT2D eigenvalue weighted by molar-refractivity contribution is 0.0734. The number of nitrogens with one attached hydrogen (secondary N) is 1. The molecule has 0 aliphatic carbocycles. The Kier molecular flexibility index (Phi) is 7.24. The van der Waals surface area contributed by atoms with Crippen LogP contribution in [0.4, 0.5) is 5.69 Å². The minimum absolute atomic E-state index is 0.0598. The number of carbonyl (C=O) groups is 2. The van der Waals surface area contributed by atoms with Crippen LogP contribution < -0.4 is 14.4 Å². The van der Waals surface area contributed by atoms with E-state index in [1.54, 1.807) is 64.2 Å². The second-order valence-electron chi connectivity index (χ2n) is 8.99. The monoisotopic (exact) mass is 480 g/mol. The Morgan fingerprint density at radius 1 is 0.824 bits per heavy atom. The first-order chi connectivity index (χ1) is 15.9. The summed E-state index contributed by atoms with van der Waals surface area (Å²) in [7, 11) is -2.02. The van der Waals surface area contributed by atoms with Gasteiger partial charge in [-0.05, 0) is 88.4 Å². The summed E-state index contributed by atoms with van der Waals surface area (Å²) in [5.41, 5.74) is 1.88.